The van der Waals surface area contributed by atoms with E-state index < -0.39 is 17.9 Å². The van der Waals surface area contributed by atoms with Crippen LogP contribution in [0.5, 0.6) is 0 Å². The van der Waals surface area contributed by atoms with Gasteiger partial charge in [0.15, 0.2) is 6.23 Å². The second kappa shape index (κ2) is 6.24. The molecule has 0 aromatic rings. The number of rotatable bonds is 4. The lowest BCUT2D eigenvalue weighted by Gasteiger charge is -2.38. The number of amides is 1. The fourth-order valence-electron chi connectivity index (χ4n) is 2.50. The summed E-state index contributed by atoms with van der Waals surface area (Å²) in [6.07, 6.45) is 1.98. The third-order valence-corrected chi connectivity index (χ3v) is 4.32. The highest BCUT2D eigenvalue weighted by Crippen LogP contribution is 2.42. The molecule has 0 N–H and O–H groups in total. The first-order chi connectivity index (χ1) is 9.24. The Morgan fingerprint density at radius 3 is 2.50 bits per heavy atom. The number of ether oxygens (including phenoxy) is 2. The van der Waals surface area contributed by atoms with Crippen molar-refractivity contribution in [3.05, 3.63) is 0 Å². The lowest BCUT2D eigenvalue weighted by Crippen LogP contribution is -2.56. The second-order valence-corrected chi connectivity index (χ2v) is 7.08. The Hall–Kier alpha value is -0.910. The van der Waals surface area contributed by atoms with Crippen molar-refractivity contribution in [2.45, 2.75) is 52.3 Å². The first-order valence-electron chi connectivity index (χ1n) is 6.82. The zero-order valence-corrected chi connectivity index (χ0v) is 14.0. The summed E-state index contributed by atoms with van der Waals surface area (Å²) in [5.74, 6) is 0.465. The predicted octanol–water partition coefficient (Wildman–Crippen LogP) is 2.89. The number of carbonyl (C=O) groups is 2. The molecule has 1 aliphatic heterocycles. The zero-order valence-electron chi connectivity index (χ0n) is 13.2. The van der Waals surface area contributed by atoms with E-state index in [1.165, 1.54) is 12.0 Å². The van der Waals surface area contributed by atoms with Crippen molar-refractivity contribution in [2.75, 3.05) is 19.1 Å². The Bertz CT molecular complexity index is 380. The molecule has 0 aliphatic carbocycles. The second-order valence-electron chi connectivity index (χ2n) is 6.09. The quantitative estimate of drug-likeness (QED) is 0.747. The van der Waals surface area contributed by atoms with E-state index in [1.54, 1.807) is 11.8 Å². The summed E-state index contributed by atoms with van der Waals surface area (Å²) < 4.78 is 10.4. The third-order valence-electron chi connectivity index (χ3n) is 3.71. The number of thioether (sulfide) groups is 1. The molecule has 0 spiro atoms. The van der Waals surface area contributed by atoms with Crippen molar-refractivity contribution in [3.8, 4) is 0 Å². The van der Waals surface area contributed by atoms with E-state index in [4.69, 9.17) is 9.47 Å². The van der Waals surface area contributed by atoms with Gasteiger partial charge in [-0.2, -0.15) is 11.8 Å². The Kier molecular flexibility index (Phi) is 5.35. The summed E-state index contributed by atoms with van der Waals surface area (Å²) in [6.45, 7) is 7.74. The van der Waals surface area contributed by atoms with Crippen LogP contribution in [0.15, 0.2) is 0 Å². The molecule has 1 fully saturated rings. The number of esters is 1. The average Bonchev–Trinajstić information content (AvgIpc) is 2.69. The summed E-state index contributed by atoms with van der Waals surface area (Å²) in [7, 11) is 1.33. The summed E-state index contributed by atoms with van der Waals surface area (Å²) >= 11 is 1.65. The van der Waals surface area contributed by atoms with E-state index in [-0.39, 0.29) is 11.4 Å². The molecule has 0 radical (unpaired) electrons. The Labute approximate surface area is 125 Å². The van der Waals surface area contributed by atoms with Gasteiger partial charge in [0, 0.05) is 5.41 Å². The molecule has 0 bridgehead atoms. The maximum Gasteiger partial charge on any atom is 0.413 e. The molecular formula is C14H25NO4S. The molecule has 0 unspecified atom stereocenters. The monoisotopic (exact) mass is 303 g/mol. The van der Waals surface area contributed by atoms with Crippen LogP contribution in [0, 0.1) is 5.41 Å². The van der Waals surface area contributed by atoms with Gasteiger partial charge in [-0.1, -0.05) is 27.7 Å². The van der Waals surface area contributed by atoms with Crippen LogP contribution in [0.4, 0.5) is 4.79 Å². The van der Waals surface area contributed by atoms with E-state index in [0.29, 0.717) is 12.8 Å². The van der Waals surface area contributed by atoms with Crippen molar-refractivity contribution < 1.29 is 19.1 Å². The highest BCUT2D eigenvalue weighted by atomic mass is 32.2. The molecule has 2 atom stereocenters. The van der Waals surface area contributed by atoms with E-state index in [9.17, 15) is 9.59 Å². The van der Waals surface area contributed by atoms with Crippen LogP contribution in [-0.4, -0.2) is 47.8 Å². The van der Waals surface area contributed by atoms with Gasteiger partial charge in [0.25, 0.3) is 0 Å². The molecule has 20 heavy (non-hydrogen) atoms. The van der Waals surface area contributed by atoms with Gasteiger partial charge in [0.2, 0.25) is 0 Å². The van der Waals surface area contributed by atoms with Crippen LogP contribution < -0.4 is 0 Å². The minimum absolute atomic E-state index is 0.320. The van der Waals surface area contributed by atoms with Crippen molar-refractivity contribution in [2.24, 2.45) is 5.41 Å². The molecule has 5 nitrogen and oxygen atoms in total. The Morgan fingerprint density at radius 2 is 2.10 bits per heavy atom. The van der Waals surface area contributed by atoms with Crippen LogP contribution in [0.2, 0.25) is 0 Å². The lowest BCUT2D eigenvalue weighted by atomic mass is 9.88. The Balaban J connectivity index is 3.24. The number of hydrogen-bond acceptors (Lipinski definition) is 5. The molecule has 1 rings (SSSR count). The predicted molar refractivity (Wildman–Crippen MR) is 79.6 cm³/mol. The van der Waals surface area contributed by atoms with Crippen LogP contribution >= 0.6 is 11.8 Å². The van der Waals surface area contributed by atoms with E-state index in [1.807, 2.05) is 34.0 Å². The lowest BCUT2D eigenvalue weighted by molar-refractivity contribution is -0.149. The van der Waals surface area contributed by atoms with Gasteiger partial charge < -0.3 is 9.47 Å². The third kappa shape index (κ3) is 2.90. The van der Waals surface area contributed by atoms with E-state index in [0.717, 1.165) is 5.75 Å². The van der Waals surface area contributed by atoms with Crippen molar-refractivity contribution in [3.63, 3.8) is 0 Å². The molecule has 0 aromatic heterocycles. The van der Waals surface area contributed by atoms with Gasteiger partial charge >= 0.3 is 12.1 Å². The van der Waals surface area contributed by atoms with Crippen molar-refractivity contribution >= 4 is 23.8 Å². The number of nitrogens with zero attached hydrogens (tertiary/aromatic N) is 1. The van der Waals surface area contributed by atoms with Gasteiger partial charge in [-0.05, 0) is 24.9 Å². The zero-order chi connectivity index (χ0) is 15.6. The minimum Gasteiger partial charge on any atom is -0.453 e. The first kappa shape index (κ1) is 17.1. The number of methoxy groups -OCH3 is 1. The van der Waals surface area contributed by atoms with Crippen LogP contribution in [0.3, 0.4) is 0 Å². The van der Waals surface area contributed by atoms with Crippen molar-refractivity contribution in [1.29, 1.82) is 0 Å². The largest absolute Gasteiger partial charge is 0.453 e. The summed E-state index contributed by atoms with van der Waals surface area (Å²) in [5, 5.41) is 0. The normalized spacial score (nSPS) is 26.6. The number of hydrogen-bond donors (Lipinski definition) is 0. The van der Waals surface area contributed by atoms with Crippen LogP contribution in [0.1, 0.15) is 40.5 Å². The fraction of sp³-hybridized carbons (Fsp3) is 0.857. The van der Waals surface area contributed by atoms with Crippen LogP contribution in [0.25, 0.3) is 0 Å². The fourth-order valence-corrected chi connectivity index (χ4v) is 3.05. The van der Waals surface area contributed by atoms with E-state index in [2.05, 4.69) is 0 Å². The summed E-state index contributed by atoms with van der Waals surface area (Å²) in [4.78, 5) is 26.2. The van der Waals surface area contributed by atoms with Gasteiger partial charge in [0.1, 0.15) is 5.54 Å². The van der Waals surface area contributed by atoms with Crippen LogP contribution in [-0.2, 0) is 14.3 Å². The molecular weight excluding hydrogens is 278 g/mol. The SMILES string of the molecule is CC[C@@]1(CCSC)C(=O)O[C@H](C(C)(C)C)N1C(=O)OC. The van der Waals surface area contributed by atoms with Gasteiger partial charge in [-0.15, -0.1) is 0 Å². The summed E-state index contributed by atoms with van der Waals surface area (Å²) in [6, 6.07) is 0. The molecule has 116 valence electrons. The first-order valence-corrected chi connectivity index (χ1v) is 8.21. The molecule has 1 saturated heterocycles. The summed E-state index contributed by atoms with van der Waals surface area (Å²) in [5.41, 5.74) is -1.27. The molecule has 1 amide bonds. The number of cyclic esters (lactones) is 1. The van der Waals surface area contributed by atoms with E-state index >= 15 is 0 Å². The smallest absolute Gasteiger partial charge is 0.413 e. The molecule has 1 heterocycles. The molecule has 1 aliphatic rings. The van der Waals surface area contributed by atoms with Crippen molar-refractivity contribution in [1.82, 2.24) is 4.90 Å². The average molecular weight is 303 g/mol. The maximum absolute atomic E-state index is 12.4. The minimum atomic E-state index is -0.909. The molecule has 0 saturated carbocycles. The van der Waals surface area contributed by atoms with Gasteiger partial charge in [-0.3, -0.25) is 4.90 Å². The van der Waals surface area contributed by atoms with Gasteiger partial charge in [0.05, 0.1) is 7.11 Å². The maximum atomic E-state index is 12.4. The number of carbonyl (C=O) groups excluding carboxylic acids is 2. The standard InChI is InChI=1S/C14H25NO4S/c1-7-14(8-9-20-6)11(16)19-10(13(2,3)4)15(14)12(17)18-5/h10H,7-9H2,1-6H3/t10-,14-/m1/s1. The Morgan fingerprint density at radius 1 is 1.50 bits per heavy atom. The highest BCUT2D eigenvalue weighted by molar-refractivity contribution is 7.98. The molecule has 0 aromatic carbocycles. The highest BCUT2D eigenvalue weighted by Gasteiger charge is 2.59. The van der Waals surface area contributed by atoms with Gasteiger partial charge in [-0.25, -0.2) is 9.59 Å². The molecule has 6 heteroatoms. The topological polar surface area (TPSA) is 55.8 Å².